The van der Waals surface area contributed by atoms with E-state index in [1.54, 1.807) is 16.9 Å². The van der Waals surface area contributed by atoms with Crippen LogP contribution in [-0.4, -0.2) is 41.5 Å². The molecule has 0 aliphatic carbocycles. The normalized spacial score (nSPS) is 14.8. The molecule has 174 valence electrons. The van der Waals surface area contributed by atoms with E-state index >= 15 is 0 Å². The number of hydrogen-bond acceptors (Lipinski definition) is 4. The lowest BCUT2D eigenvalue weighted by Crippen LogP contribution is -2.35. The largest absolute Gasteiger partial charge is 0.307 e. The Labute approximate surface area is 199 Å². The molecule has 1 aliphatic heterocycles. The first-order valence-electron chi connectivity index (χ1n) is 11.1. The van der Waals surface area contributed by atoms with Gasteiger partial charge in [0.1, 0.15) is 10.7 Å². The van der Waals surface area contributed by atoms with Crippen molar-refractivity contribution in [1.82, 2.24) is 14.1 Å². The van der Waals surface area contributed by atoms with Gasteiger partial charge in [0, 0.05) is 24.7 Å². The number of amides is 1. The molecule has 1 N–H and O–H groups in total. The Morgan fingerprint density at radius 1 is 1.03 bits per heavy atom. The molecule has 7 nitrogen and oxygen atoms in total. The van der Waals surface area contributed by atoms with Gasteiger partial charge in [-0.2, -0.15) is 9.40 Å². The Bertz CT molecular complexity index is 1230. The second kappa shape index (κ2) is 10.1. The summed E-state index contributed by atoms with van der Waals surface area (Å²) >= 11 is 6.23. The monoisotopic (exact) mass is 486 g/mol. The molecule has 0 unspecified atom stereocenters. The van der Waals surface area contributed by atoms with Crippen molar-refractivity contribution in [3.63, 3.8) is 0 Å². The molecule has 33 heavy (non-hydrogen) atoms. The third kappa shape index (κ3) is 5.29. The summed E-state index contributed by atoms with van der Waals surface area (Å²) in [5.41, 5.74) is 2.54. The van der Waals surface area contributed by atoms with E-state index in [0.29, 0.717) is 25.5 Å². The van der Waals surface area contributed by atoms with Gasteiger partial charge in [-0.1, -0.05) is 49.2 Å². The summed E-state index contributed by atoms with van der Waals surface area (Å²) in [6.07, 6.45) is 5.24. The molecule has 1 saturated heterocycles. The Balaban J connectivity index is 1.53. The minimum absolute atomic E-state index is 0.0387. The topological polar surface area (TPSA) is 84.3 Å². The van der Waals surface area contributed by atoms with Crippen molar-refractivity contribution in [2.75, 3.05) is 18.4 Å². The summed E-state index contributed by atoms with van der Waals surface area (Å²) in [7, 11) is -3.76. The Morgan fingerprint density at radius 2 is 1.73 bits per heavy atom. The van der Waals surface area contributed by atoms with Gasteiger partial charge in [-0.3, -0.25) is 4.79 Å². The van der Waals surface area contributed by atoms with Crippen molar-refractivity contribution >= 4 is 33.3 Å². The number of sulfonamides is 1. The highest BCUT2D eigenvalue weighted by molar-refractivity contribution is 7.89. The van der Waals surface area contributed by atoms with E-state index in [1.807, 2.05) is 12.1 Å². The van der Waals surface area contributed by atoms with Gasteiger partial charge in [-0.25, -0.2) is 13.1 Å². The summed E-state index contributed by atoms with van der Waals surface area (Å²) in [6, 6.07) is 14.3. The SMILES string of the molecule is CCc1ccc(Cn2nccc2NC(=O)c2ccc(Cl)c(S(=O)(=O)N3CCCCC3)c2)cc1. The van der Waals surface area contributed by atoms with E-state index < -0.39 is 15.9 Å². The van der Waals surface area contributed by atoms with Crippen LogP contribution in [-0.2, 0) is 23.0 Å². The third-order valence-corrected chi connectivity index (χ3v) is 8.23. The Kier molecular flexibility index (Phi) is 7.17. The lowest BCUT2D eigenvalue weighted by atomic mass is 10.1. The number of benzene rings is 2. The van der Waals surface area contributed by atoms with Gasteiger partial charge < -0.3 is 5.32 Å². The van der Waals surface area contributed by atoms with Crippen molar-refractivity contribution in [2.24, 2.45) is 0 Å². The number of carbonyl (C=O) groups excluding carboxylic acids is 1. The lowest BCUT2D eigenvalue weighted by Gasteiger charge is -2.26. The number of rotatable bonds is 7. The van der Waals surface area contributed by atoms with Crippen LogP contribution in [0.25, 0.3) is 0 Å². The van der Waals surface area contributed by atoms with E-state index in [2.05, 4.69) is 29.5 Å². The number of carbonyl (C=O) groups is 1. The zero-order chi connectivity index (χ0) is 23.4. The zero-order valence-electron chi connectivity index (χ0n) is 18.5. The van der Waals surface area contributed by atoms with Crippen molar-refractivity contribution in [2.45, 2.75) is 44.0 Å². The first kappa shape index (κ1) is 23.5. The Hall–Kier alpha value is -2.68. The second-order valence-electron chi connectivity index (χ2n) is 8.11. The summed E-state index contributed by atoms with van der Waals surface area (Å²) < 4.78 is 29.3. The summed E-state index contributed by atoms with van der Waals surface area (Å²) in [5.74, 6) is 0.0970. The fourth-order valence-corrected chi connectivity index (χ4v) is 5.91. The van der Waals surface area contributed by atoms with Crippen LogP contribution >= 0.6 is 11.6 Å². The maximum absolute atomic E-state index is 13.1. The van der Waals surface area contributed by atoms with Gasteiger partial charge in [0.05, 0.1) is 17.8 Å². The number of nitrogens with zero attached hydrogens (tertiary/aromatic N) is 3. The van der Waals surface area contributed by atoms with Crippen molar-refractivity contribution in [3.05, 3.63) is 76.4 Å². The minimum atomic E-state index is -3.76. The average Bonchev–Trinajstić information content (AvgIpc) is 3.26. The van der Waals surface area contributed by atoms with E-state index in [0.717, 1.165) is 31.2 Å². The number of hydrogen-bond donors (Lipinski definition) is 1. The fourth-order valence-electron chi connectivity index (χ4n) is 3.89. The average molecular weight is 487 g/mol. The molecular weight excluding hydrogens is 460 g/mol. The van der Waals surface area contributed by atoms with Crippen LogP contribution in [0.5, 0.6) is 0 Å². The fraction of sp³-hybridized carbons (Fsp3) is 0.333. The van der Waals surface area contributed by atoms with Gasteiger partial charge in [-0.15, -0.1) is 0 Å². The van der Waals surface area contributed by atoms with Gasteiger partial charge in [0.25, 0.3) is 5.91 Å². The first-order valence-corrected chi connectivity index (χ1v) is 12.9. The Morgan fingerprint density at radius 3 is 2.42 bits per heavy atom. The third-order valence-electron chi connectivity index (χ3n) is 5.85. The number of halogens is 1. The van der Waals surface area contributed by atoms with Crippen molar-refractivity contribution in [1.29, 1.82) is 0 Å². The molecule has 4 rings (SSSR count). The molecule has 0 bridgehead atoms. The molecule has 9 heteroatoms. The molecule has 0 atom stereocenters. The standard InChI is InChI=1S/C24H27ClN4O3S/c1-2-18-6-8-19(9-7-18)17-29-23(12-13-26-29)27-24(30)20-10-11-21(25)22(16-20)33(31,32)28-14-4-3-5-15-28/h6-13,16H,2-5,14-15,17H2,1H3,(H,27,30). The number of aromatic nitrogens is 2. The van der Waals surface area contributed by atoms with Gasteiger partial charge in [0.15, 0.2) is 0 Å². The minimum Gasteiger partial charge on any atom is -0.307 e. The summed E-state index contributed by atoms with van der Waals surface area (Å²) in [6.45, 7) is 3.54. The lowest BCUT2D eigenvalue weighted by molar-refractivity contribution is 0.102. The smallest absolute Gasteiger partial charge is 0.256 e. The summed E-state index contributed by atoms with van der Waals surface area (Å²) in [4.78, 5) is 12.9. The van der Waals surface area contributed by atoms with Crippen LogP contribution in [0.15, 0.2) is 59.6 Å². The molecule has 0 radical (unpaired) electrons. The van der Waals surface area contributed by atoms with Crippen LogP contribution in [0, 0.1) is 0 Å². The van der Waals surface area contributed by atoms with Crippen LogP contribution in [0.2, 0.25) is 5.02 Å². The highest BCUT2D eigenvalue weighted by Gasteiger charge is 2.29. The highest BCUT2D eigenvalue weighted by Crippen LogP contribution is 2.28. The van der Waals surface area contributed by atoms with Gasteiger partial charge >= 0.3 is 0 Å². The molecular formula is C24H27ClN4O3S. The van der Waals surface area contributed by atoms with Crippen LogP contribution in [0.4, 0.5) is 5.82 Å². The van der Waals surface area contributed by atoms with Crippen LogP contribution < -0.4 is 5.32 Å². The molecule has 1 amide bonds. The molecule has 1 aromatic heterocycles. The number of anilines is 1. The molecule has 1 aliphatic rings. The van der Waals surface area contributed by atoms with Crippen molar-refractivity contribution < 1.29 is 13.2 Å². The van der Waals surface area contributed by atoms with Gasteiger partial charge in [-0.05, 0) is 48.6 Å². The quantitative estimate of drug-likeness (QED) is 0.530. The highest BCUT2D eigenvalue weighted by atomic mass is 35.5. The number of piperidine rings is 1. The maximum Gasteiger partial charge on any atom is 0.256 e. The molecule has 0 spiro atoms. The van der Waals surface area contributed by atoms with E-state index in [9.17, 15) is 13.2 Å². The van der Waals surface area contributed by atoms with Crippen molar-refractivity contribution in [3.8, 4) is 0 Å². The van der Waals surface area contributed by atoms with Crippen LogP contribution in [0.3, 0.4) is 0 Å². The number of aryl methyl sites for hydroxylation is 1. The zero-order valence-corrected chi connectivity index (χ0v) is 20.1. The second-order valence-corrected chi connectivity index (χ2v) is 10.4. The number of nitrogens with one attached hydrogen (secondary N) is 1. The van der Waals surface area contributed by atoms with Gasteiger partial charge in [0.2, 0.25) is 10.0 Å². The van der Waals surface area contributed by atoms with E-state index in [4.69, 9.17) is 11.6 Å². The summed E-state index contributed by atoms with van der Waals surface area (Å²) in [5, 5.41) is 7.26. The predicted molar refractivity (Wildman–Crippen MR) is 129 cm³/mol. The first-order chi connectivity index (χ1) is 15.9. The molecule has 0 saturated carbocycles. The molecule has 1 fully saturated rings. The van der Waals surface area contributed by atoms with E-state index in [-0.39, 0.29) is 15.5 Å². The molecule has 2 heterocycles. The van der Waals surface area contributed by atoms with Crippen LogP contribution in [0.1, 0.15) is 47.7 Å². The maximum atomic E-state index is 13.1. The molecule has 3 aromatic rings. The predicted octanol–water partition coefficient (Wildman–Crippen LogP) is 4.57. The molecule has 2 aromatic carbocycles. The van der Waals surface area contributed by atoms with E-state index in [1.165, 1.54) is 28.1 Å².